The Morgan fingerprint density at radius 2 is 2.14 bits per heavy atom. The standard InChI is InChI=1S/C14H22N4O3S/c1-22(19,20)12-10-16-14(18-5-7-21-8-6-18)17-13(12)11-3-2-4-15-9-11/h10-11,15H,2-9H2,1H3/t11-/m0/s1. The molecule has 1 atom stereocenters. The van der Waals surface area contributed by atoms with Crippen LogP contribution in [-0.2, 0) is 14.6 Å². The van der Waals surface area contributed by atoms with Gasteiger partial charge in [0.05, 0.1) is 25.1 Å². The van der Waals surface area contributed by atoms with Crippen LogP contribution in [0.2, 0.25) is 0 Å². The van der Waals surface area contributed by atoms with Crippen LogP contribution in [0.5, 0.6) is 0 Å². The number of aromatic nitrogens is 2. The van der Waals surface area contributed by atoms with Crippen LogP contribution in [0.15, 0.2) is 11.1 Å². The molecule has 2 aliphatic heterocycles. The first-order chi connectivity index (χ1) is 10.6. The fraction of sp³-hybridized carbons (Fsp3) is 0.714. The molecule has 3 heterocycles. The minimum Gasteiger partial charge on any atom is -0.378 e. The van der Waals surface area contributed by atoms with Crippen molar-refractivity contribution < 1.29 is 13.2 Å². The lowest BCUT2D eigenvalue weighted by Crippen LogP contribution is -2.38. The topological polar surface area (TPSA) is 84.4 Å². The fourth-order valence-corrected chi connectivity index (χ4v) is 3.79. The van der Waals surface area contributed by atoms with E-state index < -0.39 is 9.84 Å². The third kappa shape index (κ3) is 3.39. The molecule has 0 saturated carbocycles. The summed E-state index contributed by atoms with van der Waals surface area (Å²) in [5.74, 6) is 0.734. The normalized spacial score (nSPS) is 23.5. The van der Waals surface area contributed by atoms with Gasteiger partial charge in [0.25, 0.3) is 0 Å². The first kappa shape index (κ1) is 15.6. The van der Waals surface area contributed by atoms with E-state index in [0.717, 1.165) is 39.0 Å². The summed E-state index contributed by atoms with van der Waals surface area (Å²) >= 11 is 0. The van der Waals surface area contributed by atoms with Crippen LogP contribution in [0.1, 0.15) is 24.5 Å². The Morgan fingerprint density at radius 1 is 1.36 bits per heavy atom. The van der Waals surface area contributed by atoms with Crippen molar-refractivity contribution in [2.75, 3.05) is 50.5 Å². The molecule has 8 heteroatoms. The van der Waals surface area contributed by atoms with E-state index in [0.29, 0.717) is 24.9 Å². The van der Waals surface area contributed by atoms with Gasteiger partial charge in [0.2, 0.25) is 5.95 Å². The van der Waals surface area contributed by atoms with Gasteiger partial charge in [-0.1, -0.05) is 0 Å². The van der Waals surface area contributed by atoms with Crippen molar-refractivity contribution in [2.24, 2.45) is 0 Å². The van der Waals surface area contributed by atoms with E-state index in [4.69, 9.17) is 4.74 Å². The molecule has 2 aliphatic rings. The van der Waals surface area contributed by atoms with Gasteiger partial charge in [-0.2, -0.15) is 0 Å². The van der Waals surface area contributed by atoms with Crippen LogP contribution >= 0.6 is 0 Å². The van der Waals surface area contributed by atoms with Crippen molar-refractivity contribution in [3.05, 3.63) is 11.9 Å². The summed E-state index contributed by atoms with van der Waals surface area (Å²) in [6.45, 7) is 4.52. The number of ether oxygens (including phenoxy) is 1. The van der Waals surface area contributed by atoms with E-state index in [1.807, 2.05) is 0 Å². The molecule has 1 N–H and O–H groups in total. The molecular weight excluding hydrogens is 304 g/mol. The quantitative estimate of drug-likeness (QED) is 0.848. The van der Waals surface area contributed by atoms with Crippen molar-refractivity contribution in [3.63, 3.8) is 0 Å². The average molecular weight is 326 g/mol. The van der Waals surface area contributed by atoms with E-state index in [9.17, 15) is 8.42 Å². The van der Waals surface area contributed by atoms with Crippen molar-refractivity contribution in [1.29, 1.82) is 0 Å². The van der Waals surface area contributed by atoms with Gasteiger partial charge in [0.1, 0.15) is 4.90 Å². The molecular formula is C14H22N4O3S. The molecule has 0 radical (unpaired) electrons. The second kappa shape index (κ2) is 6.47. The lowest BCUT2D eigenvalue weighted by molar-refractivity contribution is 0.122. The lowest BCUT2D eigenvalue weighted by atomic mass is 9.96. The molecule has 0 amide bonds. The minimum atomic E-state index is -3.33. The first-order valence-corrected chi connectivity index (χ1v) is 9.55. The maximum atomic E-state index is 12.0. The molecule has 3 rings (SSSR count). The van der Waals surface area contributed by atoms with Crippen LogP contribution in [0.25, 0.3) is 0 Å². The number of nitrogens with zero attached hydrogens (tertiary/aromatic N) is 3. The Bertz CT molecular complexity index is 623. The summed E-state index contributed by atoms with van der Waals surface area (Å²) in [5, 5.41) is 3.32. The number of hydrogen-bond donors (Lipinski definition) is 1. The van der Waals surface area contributed by atoms with Crippen LogP contribution in [0.4, 0.5) is 5.95 Å². The summed E-state index contributed by atoms with van der Waals surface area (Å²) in [6.07, 6.45) is 4.68. The molecule has 22 heavy (non-hydrogen) atoms. The smallest absolute Gasteiger partial charge is 0.225 e. The zero-order chi connectivity index (χ0) is 15.6. The Morgan fingerprint density at radius 3 is 2.77 bits per heavy atom. The highest BCUT2D eigenvalue weighted by molar-refractivity contribution is 7.90. The van der Waals surface area contributed by atoms with Gasteiger partial charge in [-0.25, -0.2) is 18.4 Å². The zero-order valence-electron chi connectivity index (χ0n) is 12.8. The van der Waals surface area contributed by atoms with Crippen LogP contribution in [0.3, 0.4) is 0 Å². The van der Waals surface area contributed by atoms with Crippen molar-refractivity contribution in [3.8, 4) is 0 Å². The molecule has 0 bridgehead atoms. The third-order valence-electron chi connectivity index (χ3n) is 4.15. The molecule has 122 valence electrons. The highest BCUT2D eigenvalue weighted by Crippen LogP contribution is 2.28. The predicted octanol–water partition coefficient (Wildman–Crippen LogP) is 0.184. The molecule has 1 aromatic rings. The van der Waals surface area contributed by atoms with Gasteiger partial charge in [0.15, 0.2) is 9.84 Å². The first-order valence-electron chi connectivity index (χ1n) is 7.66. The Labute approximate surface area is 131 Å². The summed E-state index contributed by atoms with van der Waals surface area (Å²) in [5.41, 5.74) is 0.659. The van der Waals surface area contributed by atoms with Gasteiger partial charge in [-0.15, -0.1) is 0 Å². The lowest BCUT2D eigenvalue weighted by Gasteiger charge is -2.29. The monoisotopic (exact) mass is 326 g/mol. The largest absolute Gasteiger partial charge is 0.378 e. The molecule has 0 spiro atoms. The molecule has 2 fully saturated rings. The van der Waals surface area contributed by atoms with E-state index in [1.165, 1.54) is 12.5 Å². The number of sulfone groups is 1. The van der Waals surface area contributed by atoms with Gasteiger partial charge >= 0.3 is 0 Å². The van der Waals surface area contributed by atoms with E-state index >= 15 is 0 Å². The second-order valence-electron chi connectivity index (χ2n) is 5.83. The maximum Gasteiger partial charge on any atom is 0.225 e. The van der Waals surface area contributed by atoms with E-state index in [2.05, 4.69) is 20.2 Å². The number of hydrogen-bond acceptors (Lipinski definition) is 7. The second-order valence-corrected chi connectivity index (χ2v) is 7.82. The van der Waals surface area contributed by atoms with Crippen molar-refractivity contribution in [1.82, 2.24) is 15.3 Å². The number of morpholine rings is 1. The zero-order valence-corrected chi connectivity index (χ0v) is 13.6. The van der Waals surface area contributed by atoms with Gasteiger partial charge < -0.3 is 15.0 Å². The SMILES string of the molecule is CS(=O)(=O)c1cnc(N2CCOCC2)nc1[C@H]1CCCNC1. The fourth-order valence-electron chi connectivity index (χ4n) is 2.95. The summed E-state index contributed by atoms with van der Waals surface area (Å²) in [7, 11) is -3.33. The van der Waals surface area contributed by atoms with Crippen LogP contribution < -0.4 is 10.2 Å². The van der Waals surface area contributed by atoms with Gasteiger partial charge in [-0.05, 0) is 19.4 Å². The average Bonchev–Trinajstić information content (AvgIpc) is 2.55. The summed E-state index contributed by atoms with van der Waals surface area (Å²) in [4.78, 5) is 11.2. The molecule has 7 nitrogen and oxygen atoms in total. The van der Waals surface area contributed by atoms with Gasteiger partial charge in [0, 0.05) is 31.8 Å². The predicted molar refractivity (Wildman–Crippen MR) is 83.0 cm³/mol. The number of rotatable bonds is 3. The van der Waals surface area contributed by atoms with E-state index in [-0.39, 0.29) is 10.8 Å². The Kier molecular flexibility index (Phi) is 4.60. The van der Waals surface area contributed by atoms with Crippen LogP contribution in [0, 0.1) is 0 Å². The summed E-state index contributed by atoms with van der Waals surface area (Å²) in [6, 6.07) is 0. The van der Waals surface area contributed by atoms with Crippen molar-refractivity contribution in [2.45, 2.75) is 23.7 Å². The van der Waals surface area contributed by atoms with Crippen molar-refractivity contribution >= 4 is 15.8 Å². The minimum absolute atomic E-state index is 0.126. The Balaban J connectivity index is 1.97. The molecule has 1 aromatic heterocycles. The maximum absolute atomic E-state index is 12.0. The number of piperidine rings is 1. The summed E-state index contributed by atoms with van der Waals surface area (Å²) < 4.78 is 29.4. The highest BCUT2D eigenvalue weighted by atomic mass is 32.2. The highest BCUT2D eigenvalue weighted by Gasteiger charge is 2.26. The van der Waals surface area contributed by atoms with Crippen LogP contribution in [-0.4, -0.2) is 64.0 Å². The third-order valence-corrected chi connectivity index (χ3v) is 5.26. The van der Waals surface area contributed by atoms with Gasteiger partial charge in [-0.3, -0.25) is 0 Å². The number of nitrogens with one attached hydrogen (secondary N) is 1. The molecule has 0 aliphatic carbocycles. The molecule has 0 aromatic carbocycles. The Hall–Kier alpha value is -1.25. The molecule has 0 unspecified atom stereocenters. The van der Waals surface area contributed by atoms with E-state index in [1.54, 1.807) is 0 Å². The number of anilines is 1. The molecule has 2 saturated heterocycles.